The standard InChI is InChI=1S/C13H20N2O2/c1-13(2,3)9-5-6-11(17-4)10(7-9)15-12(16)8-14/h5-7H,8,14H2,1-4H3,(H,15,16). The number of benzene rings is 1. The number of ether oxygens (including phenoxy) is 1. The molecule has 94 valence electrons. The van der Waals surface area contributed by atoms with Crippen LogP contribution in [0.2, 0.25) is 0 Å². The van der Waals surface area contributed by atoms with E-state index in [0.717, 1.165) is 5.56 Å². The van der Waals surface area contributed by atoms with E-state index in [1.165, 1.54) is 0 Å². The van der Waals surface area contributed by atoms with Crippen LogP contribution in [0.3, 0.4) is 0 Å². The minimum atomic E-state index is -0.227. The van der Waals surface area contributed by atoms with Gasteiger partial charge in [0.25, 0.3) is 0 Å². The Bertz CT molecular complexity index is 408. The maximum Gasteiger partial charge on any atom is 0.238 e. The van der Waals surface area contributed by atoms with Crippen molar-refractivity contribution >= 4 is 11.6 Å². The van der Waals surface area contributed by atoms with Crippen molar-refractivity contribution in [1.29, 1.82) is 0 Å². The average molecular weight is 236 g/mol. The third kappa shape index (κ3) is 3.46. The Morgan fingerprint density at radius 3 is 2.53 bits per heavy atom. The fourth-order valence-corrected chi connectivity index (χ4v) is 1.47. The van der Waals surface area contributed by atoms with Gasteiger partial charge >= 0.3 is 0 Å². The van der Waals surface area contributed by atoms with Gasteiger partial charge in [-0.2, -0.15) is 0 Å². The quantitative estimate of drug-likeness (QED) is 0.842. The molecular formula is C13H20N2O2. The molecule has 0 aliphatic heterocycles. The van der Waals surface area contributed by atoms with Crippen LogP contribution in [0.1, 0.15) is 26.3 Å². The highest BCUT2D eigenvalue weighted by atomic mass is 16.5. The third-order valence-corrected chi connectivity index (χ3v) is 2.52. The molecule has 17 heavy (non-hydrogen) atoms. The summed E-state index contributed by atoms with van der Waals surface area (Å²) in [5.41, 5.74) is 7.10. The molecule has 0 atom stereocenters. The first-order valence-electron chi connectivity index (χ1n) is 5.57. The van der Waals surface area contributed by atoms with Gasteiger partial charge in [0.15, 0.2) is 0 Å². The summed E-state index contributed by atoms with van der Waals surface area (Å²) in [6.45, 7) is 6.30. The molecule has 0 spiro atoms. The summed E-state index contributed by atoms with van der Waals surface area (Å²) in [5.74, 6) is 0.411. The lowest BCUT2D eigenvalue weighted by Crippen LogP contribution is -2.22. The zero-order chi connectivity index (χ0) is 13.1. The van der Waals surface area contributed by atoms with E-state index in [0.29, 0.717) is 11.4 Å². The molecule has 3 N–H and O–H groups in total. The third-order valence-electron chi connectivity index (χ3n) is 2.52. The lowest BCUT2D eigenvalue weighted by Gasteiger charge is -2.21. The molecule has 0 aliphatic carbocycles. The van der Waals surface area contributed by atoms with Crippen LogP contribution in [-0.4, -0.2) is 19.6 Å². The number of nitrogens with one attached hydrogen (secondary N) is 1. The van der Waals surface area contributed by atoms with Gasteiger partial charge in [-0.1, -0.05) is 26.8 Å². The summed E-state index contributed by atoms with van der Waals surface area (Å²) in [6, 6.07) is 5.77. The summed E-state index contributed by atoms with van der Waals surface area (Å²) in [4.78, 5) is 11.3. The molecule has 1 aromatic rings. The van der Waals surface area contributed by atoms with E-state index in [4.69, 9.17) is 10.5 Å². The van der Waals surface area contributed by atoms with Crippen molar-refractivity contribution in [2.45, 2.75) is 26.2 Å². The van der Waals surface area contributed by atoms with Crippen molar-refractivity contribution in [1.82, 2.24) is 0 Å². The fraction of sp³-hybridized carbons (Fsp3) is 0.462. The van der Waals surface area contributed by atoms with E-state index in [1.807, 2.05) is 18.2 Å². The minimum Gasteiger partial charge on any atom is -0.495 e. The number of carbonyl (C=O) groups excluding carboxylic acids is 1. The molecule has 0 saturated carbocycles. The molecule has 0 fully saturated rings. The number of carbonyl (C=O) groups is 1. The smallest absolute Gasteiger partial charge is 0.238 e. The van der Waals surface area contributed by atoms with E-state index in [-0.39, 0.29) is 17.9 Å². The van der Waals surface area contributed by atoms with Crippen LogP contribution < -0.4 is 15.8 Å². The molecule has 0 radical (unpaired) electrons. The van der Waals surface area contributed by atoms with E-state index >= 15 is 0 Å². The summed E-state index contributed by atoms with van der Waals surface area (Å²) >= 11 is 0. The number of hydrogen-bond acceptors (Lipinski definition) is 3. The number of rotatable bonds is 3. The molecule has 4 heteroatoms. The highest BCUT2D eigenvalue weighted by Crippen LogP contribution is 2.31. The van der Waals surface area contributed by atoms with Gasteiger partial charge < -0.3 is 15.8 Å². The van der Waals surface area contributed by atoms with E-state index < -0.39 is 0 Å². The van der Waals surface area contributed by atoms with Crippen LogP contribution >= 0.6 is 0 Å². The molecule has 0 bridgehead atoms. The van der Waals surface area contributed by atoms with Gasteiger partial charge in [0.1, 0.15) is 5.75 Å². The summed E-state index contributed by atoms with van der Waals surface area (Å²) in [6.07, 6.45) is 0. The van der Waals surface area contributed by atoms with Crippen LogP contribution in [-0.2, 0) is 10.2 Å². The SMILES string of the molecule is COc1ccc(C(C)(C)C)cc1NC(=O)CN. The van der Waals surface area contributed by atoms with Gasteiger partial charge in [0, 0.05) is 0 Å². The van der Waals surface area contributed by atoms with Crippen molar-refractivity contribution in [3.8, 4) is 5.75 Å². The Hall–Kier alpha value is -1.55. The summed E-state index contributed by atoms with van der Waals surface area (Å²) in [5, 5.41) is 2.73. The maximum atomic E-state index is 11.3. The Labute approximate surface area is 102 Å². The number of anilines is 1. The van der Waals surface area contributed by atoms with Crippen LogP contribution in [0.15, 0.2) is 18.2 Å². The van der Waals surface area contributed by atoms with Gasteiger partial charge in [-0.05, 0) is 23.1 Å². The van der Waals surface area contributed by atoms with Gasteiger partial charge in [0.05, 0.1) is 19.3 Å². The van der Waals surface area contributed by atoms with Gasteiger partial charge in [-0.3, -0.25) is 4.79 Å². The van der Waals surface area contributed by atoms with Crippen molar-refractivity contribution < 1.29 is 9.53 Å². The minimum absolute atomic E-state index is 0.0223. The second-order valence-electron chi connectivity index (χ2n) is 4.92. The lowest BCUT2D eigenvalue weighted by atomic mass is 9.87. The van der Waals surface area contributed by atoms with Gasteiger partial charge in [-0.25, -0.2) is 0 Å². The normalized spacial score (nSPS) is 11.1. The number of amides is 1. The first-order chi connectivity index (χ1) is 7.88. The summed E-state index contributed by atoms with van der Waals surface area (Å²) < 4.78 is 5.20. The highest BCUT2D eigenvalue weighted by molar-refractivity contribution is 5.93. The molecule has 1 aromatic carbocycles. The molecule has 1 amide bonds. The number of nitrogens with two attached hydrogens (primary N) is 1. The zero-order valence-electron chi connectivity index (χ0n) is 10.8. The second kappa shape index (κ2) is 5.19. The molecule has 0 aliphatic rings. The Balaban J connectivity index is 3.11. The largest absolute Gasteiger partial charge is 0.495 e. The van der Waals surface area contributed by atoms with E-state index in [2.05, 4.69) is 26.1 Å². The topological polar surface area (TPSA) is 64.3 Å². The molecule has 0 heterocycles. The van der Waals surface area contributed by atoms with Crippen molar-refractivity contribution in [2.24, 2.45) is 5.73 Å². The first kappa shape index (κ1) is 13.5. The van der Waals surface area contributed by atoms with Crippen LogP contribution in [0.4, 0.5) is 5.69 Å². The number of methoxy groups -OCH3 is 1. The molecule has 4 nitrogen and oxygen atoms in total. The fourth-order valence-electron chi connectivity index (χ4n) is 1.47. The van der Waals surface area contributed by atoms with Gasteiger partial charge in [-0.15, -0.1) is 0 Å². The van der Waals surface area contributed by atoms with E-state index in [9.17, 15) is 4.79 Å². The average Bonchev–Trinajstić information content (AvgIpc) is 2.27. The molecule has 1 rings (SSSR count). The predicted octanol–water partition coefficient (Wildman–Crippen LogP) is 1.89. The monoisotopic (exact) mass is 236 g/mol. The first-order valence-corrected chi connectivity index (χ1v) is 5.57. The highest BCUT2D eigenvalue weighted by Gasteiger charge is 2.16. The maximum absolute atomic E-state index is 11.3. The van der Waals surface area contributed by atoms with E-state index in [1.54, 1.807) is 7.11 Å². The Kier molecular flexibility index (Phi) is 4.12. The molecule has 0 unspecified atom stereocenters. The Morgan fingerprint density at radius 1 is 1.41 bits per heavy atom. The lowest BCUT2D eigenvalue weighted by molar-refractivity contribution is -0.114. The van der Waals surface area contributed by atoms with Crippen LogP contribution in [0, 0.1) is 0 Å². The van der Waals surface area contributed by atoms with Crippen LogP contribution in [0.25, 0.3) is 0 Å². The van der Waals surface area contributed by atoms with Gasteiger partial charge in [0.2, 0.25) is 5.91 Å². The van der Waals surface area contributed by atoms with Crippen molar-refractivity contribution in [3.05, 3.63) is 23.8 Å². The zero-order valence-corrected chi connectivity index (χ0v) is 10.8. The molecular weight excluding hydrogens is 216 g/mol. The molecule has 0 saturated heterocycles. The van der Waals surface area contributed by atoms with Crippen LogP contribution in [0.5, 0.6) is 5.75 Å². The summed E-state index contributed by atoms with van der Waals surface area (Å²) in [7, 11) is 1.57. The molecule has 0 aromatic heterocycles. The Morgan fingerprint density at radius 2 is 2.06 bits per heavy atom. The van der Waals surface area contributed by atoms with Crippen molar-refractivity contribution in [2.75, 3.05) is 19.0 Å². The second-order valence-corrected chi connectivity index (χ2v) is 4.92. The number of hydrogen-bond donors (Lipinski definition) is 2. The van der Waals surface area contributed by atoms with Crippen molar-refractivity contribution in [3.63, 3.8) is 0 Å². The predicted molar refractivity (Wildman–Crippen MR) is 69.4 cm³/mol.